The van der Waals surface area contributed by atoms with Gasteiger partial charge in [0.1, 0.15) is 0 Å². The van der Waals surface area contributed by atoms with Crippen LogP contribution >= 0.6 is 0 Å². The zero-order valence-corrected chi connectivity index (χ0v) is 22.6. The van der Waals surface area contributed by atoms with Crippen LogP contribution in [0.25, 0.3) is 67.3 Å². The second-order valence-corrected chi connectivity index (χ2v) is 10.0. The Bertz CT molecular complexity index is 1910. The molecule has 0 N–H and O–H groups in total. The summed E-state index contributed by atoms with van der Waals surface area (Å²) in [6.45, 7) is 2.07. The third-order valence-electron chi connectivity index (χ3n) is 7.29. The number of rotatable bonds is 5. The summed E-state index contributed by atoms with van der Waals surface area (Å²) in [5, 5.41) is 1.15. The maximum atomic E-state index is 4.85. The highest BCUT2D eigenvalue weighted by molar-refractivity contribution is 5.85. The Morgan fingerprint density at radius 3 is 1.32 bits per heavy atom. The van der Waals surface area contributed by atoms with E-state index in [4.69, 9.17) is 19.9 Å². The van der Waals surface area contributed by atoms with E-state index < -0.39 is 0 Å². The second-order valence-electron chi connectivity index (χ2n) is 10.0. The van der Waals surface area contributed by atoms with Gasteiger partial charge >= 0.3 is 0 Å². The van der Waals surface area contributed by atoms with Gasteiger partial charge in [-0.3, -0.25) is 4.98 Å². The molecule has 4 nitrogen and oxygen atoms in total. The van der Waals surface area contributed by atoms with Crippen molar-refractivity contribution in [2.24, 2.45) is 0 Å². The molecule has 4 heteroatoms. The lowest BCUT2D eigenvalue weighted by atomic mass is 9.98. The highest BCUT2D eigenvalue weighted by atomic mass is 15.0. The first-order chi connectivity index (χ1) is 20.2. The van der Waals surface area contributed by atoms with E-state index in [-0.39, 0.29) is 0 Å². The van der Waals surface area contributed by atoms with Gasteiger partial charge in [-0.25, -0.2) is 15.0 Å². The smallest absolute Gasteiger partial charge is 0.164 e. The molecule has 2 heterocycles. The lowest BCUT2D eigenvalue weighted by Crippen LogP contribution is -2.00. The quantitative estimate of drug-likeness (QED) is 0.224. The van der Waals surface area contributed by atoms with Crippen molar-refractivity contribution in [1.29, 1.82) is 0 Å². The van der Waals surface area contributed by atoms with Crippen molar-refractivity contribution < 1.29 is 0 Å². The lowest BCUT2D eigenvalue weighted by molar-refractivity contribution is 1.07. The van der Waals surface area contributed by atoms with Crippen molar-refractivity contribution in [3.05, 3.63) is 145 Å². The molecule has 0 amide bonds. The van der Waals surface area contributed by atoms with Crippen molar-refractivity contribution in [1.82, 2.24) is 19.9 Å². The molecule has 0 bridgehead atoms. The van der Waals surface area contributed by atoms with Crippen LogP contribution in [0.2, 0.25) is 0 Å². The number of aryl methyl sites for hydroxylation is 1. The van der Waals surface area contributed by atoms with Crippen LogP contribution in [0.15, 0.2) is 140 Å². The number of hydrogen-bond acceptors (Lipinski definition) is 4. The number of fused-ring (bicyclic) bond motifs is 1. The average Bonchev–Trinajstić information content (AvgIpc) is 3.05. The first kappa shape index (κ1) is 24.6. The zero-order valence-electron chi connectivity index (χ0n) is 22.6. The predicted molar refractivity (Wildman–Crippen MR) is 167 cm³/mol. The third kappa shape index (κ3) is 4.99. The standard InChI is InChI=1S/C37H26N4/c1-25-33(24-32-14-8-9-15-34(32)38-25)28-20-16-26(17-21-28)27-18-22-31(23-19-27)37-40-35(29-10-4-2-5-11-29)39-36(41-37)30-12-6-3-7-13-30/h2-24H,1H3. The van der Waals surface area contributed by atoms with Crippen LogP contribution in [-0.4, -0.2) is 19.9 Å². The monoisotopic (exact) mass is 526 g/mol. The van der Waals surface area contributed by atoms with E-state index in [2.05, 4.69) is 79.7 Å². The molecule has 0 unspecified atom stereocenters. The molecule has 2 aromatic heterocycles. The lowest BCUT2D eigenvalue weighted by Gasteiger charge is -2.10. The third-order valence-corrected chi connectivity index (χ3v) is 7.29. The molecule has 0 aliphatic rings. The van der Waals surface area contributed by atoms with Crippen LogP contribution in [0.3, 0.4) is 0 Å². The van der Waals surface area contributed by atoms with Crippen molar-refractivity contribution >= 4 is 10.9 Å². The highest BCUT2D eigenvalue weighted by Crippen LogP contribution is 2.30. The molecule has 5 aromatic carbocycles. The molecule has 7 rings (SSSR count). The van der Waals surface area contributed by atoms with Gasteiger partial charge in [0.15, 0.2) is 17.5 Å². The summed E-state index contributed by atoms with van der Waals surface area (Å²) in [5.74, 6) is 1.97. The Morgan fingerprint density at radius 2 is 0.780 bits per heavy atom. The molecular weight excluding hydrogens is 500 g/mol. The Labute approximate surface area is 239 Å². The Morgan fingerprint density at radius 1 is 0.366 bits per heavy atom. The fraction of sp³-hybridized carbons (Fsp3) is 0.0270. The van der Waals surface area contributed by atoms with Gasteiger partial charge in [-0.05, 0) is 35.7 Å². The second kappa shape index (κ2) is 10.6. The summed E-state index contributed by atoms with van der Waals surface area (Å²) in [4.78, 5) is 19.3. The van der Waals surface area contributed by atoms with Gasteiger partial charge < -0.3 is 0 Å². The average molecular weight is 527 g/mol. The molecule has 0 spiro atoms. The molecule has 194 valence electrons. The Kier molecular flexibility index (Phi) is 6.34. The minimum Gasteiger partial charge on any atom is -0.252 e. The van der Waals surface area contributed by atoms with E-state index in [0.717, 1.165) is 55.5 Å². The predicted octanol–water partition coefficient (Wildman–Crippen LogP) is 9.06. The molecule has 0 radical (unpaired) electrons. The molecule has 0 aliphatic heterocycles. The van der Waals surface area contributed by atoms with Crippen LogP contribution in [0, 0.1) is 6.92 Å². The number of aromatic nitrogens is 4. The van der Waals surface area contributed by atoms with E-state index in [1.54, 1.807) is 0 Å². The summed E-state index contributed by atoms with van der Waals surface area (Å²) in [7, 11) is 0. The van der Waals surface area contributed by atoms with Gasteiger partial charge in [-0.15, -0.1) is 0 Å². The van der Waals surface area contributed by atoms with Crippen LogP contribution in [0.4, 0.5) is 0 Å². The fourth-order valence-corrected chi connectivity index (χ4v) is 5.10. The topological polar surface area (TPSA) is 51.6 Å². The molecule has 41 heavy (non-hydrogen) atoms. The van der Waals surface area contributed by atoms with Gasteiger partial charge in [0, 0.05) is 33.3 Å². The van der Waals surface area contributed by atoms with Crippen LogP contribution in [0.1, 0.15) is 5.69 Å². The molecule has 0 fully saturated rings. The number of pyridine rings is 1. The van der Waals surface area contributed by atoms with Gasteiger partial charge in [0.2, 0.25) is 0 Å². The zero-order chi connectivity index (χ0) is 27.6. The number of hydrogen-bond donors (Lipinski definition) is 0. The Hall–Kier alpha value is -5.48. The first-order valence-electron chi connectivity index (χ1n) is 13.7. The van der Waals surface area contributed by atoms with Gasteiger partial charge in [0.05, 0.1) is 5.52 Å². The van der Waals surface area contributed by atoms with E-state index in [1.165, 1.54) is 0 Å². The van der Waals surface area contributed by atoms with E-state index in [9.17, 15) is 0 Å². The minimum atomic E-state index is 0.652. The highest BCUT2D eigenvalue weighted by Gasteiger charge is 2.12. The van der Waals surface area contributed by atoms with Gasteiger partial charge in [0.25, 0.3) is 0 Å². The van der Waals surface area contributed by atoms with E-state index >= 15 is 0 Å². The Balaban J connectivity index is 1.21. The van der Waals surface area contributed by atoms with Crippen molar-refractivity contribution in [3.8, 4) is 56.4 Å². The van der Waals surface area contributed by atoms with Gasteiger partial charge in [-0.1, -0.05) is 127 Å². The van der Waals surface area contributed by atoms with Crippen molar-refractivity contribution in [2.75, 3.05) is 0 Å². The SMILES string of the molecule is Cc1nc2ccccc2cc1-c1ccc(-c2ccc(-c3nc(-c4ccccc4)nc(-c4ccccc4)n3)cc2)cc1. The number of benzene rings is 5. The summed E-state index contributed by atoms with van der Waals surface area (Å²) in [5.41, 5.74) is 9.52. The largest absolute Gasteiger partial charge is 0.252 e. The molecule has 0 atom stereocenters. The maximum Gasteiger partial charge on any atom is 0.164 e. The normalized spacial score (nSPS) is 11.0. The molecule has 0 saturated carbocycles. The van der Waals surface area contributed by atoms with Crippen LogP contribution < -0.4 is 0 Å². The van der Waals surface area contributed by atoms with E-state index in [0.29, 0.717) is 17.5 Å². The minimum absolute atomic E-state index is 0.652. The summed E-state index contributed by atoms with van der Waals surface area (Å²) in [6.07, 6.45) is 0. The van der Waals surface area contributed by atoms with E-state index in [1.807, 2.05) is 66.7 Å². The molecule has 0 saturated heterocycles. The van der Waals surface area contributed by atoms with Crippen molar-refractivity contribution in [2.45, 2.75) is 6.92 Å². The maximum absolute atomic E-state index is 4.85. The molecule has 7 aromatic rings. The van der Waals surface area contributed by atoms with Crippen LogP contribution in [-0.2, 0) is 0 Å². The number of nitrogens with zero attached hydrogens (tertiary/aromatic N) is 4. The summed E-state index contributed by atoms with van der Waals surface area (Å²) in [6, 6.07) is 47.7. The fourth-order valence-electron chi connectivity index (χ4n) is 5.10. The number of para-hydroxylation sites is 1. The molecule has 0 aliphatic carbocycles. The van der Waals surface area contributed by atoms with Crippen molar-refractivity contribution in [3.63, 3.8) is 0 Å². The van der Waals surface area contributed by atoms with Gasteiger partial charge in [-0.2, -0.15) is 0 Å². The summed E-state index contributed by atoms with van der Waals surface area (Å²) >= 11 is 0. The first-order valence-corrected chi connectivity index (χ1v) is 13.7. The summed E-state index contributed by atoms with van der Waals surface area (Å²) < 4.78 is 0. The molecular formula is C37H26N4. The van der Waals surface area contributed by atoms with Crippen LogP contribution in [0.5, 0.6) is 0 Å².